The predicted molar refractivity (Wildman–Crippen MR) is 174 cm³/mol. The van der Waals surface area contributed by atoms with Crippen LogP contribution >= 0.6 is 11.3 Å². The fraction of sp³-hybridized carbons (Fsp3) is 0.400. The number of piperidine rings is 1. The van der Waals surface area contributed by atoms with Crippen LogP contribution in [0.4, 0.5) is 18.9 Å². The van der Waals surface area contributed by atoms with Crippen molar-refractivity contribution in [1.29, 1.82) is 0 Å². The first-order chi connectivity index (χ1) is 22.4. The fourth-order valence-electron chi connectivity index (χ4n) is 5.25. The van der Waals surface area contributed by atoms with E-state index in [1.54, 1.807) is 24.3 Å². The molecule has 2 atom stereocenters. The molecule has 2 amide bonds. The molecule has 262 valence electrons. The van der Waals surface area contributed by atoms with Crippen LogP contribution in [0.2, 0.25) is 0 Å². The Morgan fingerprint density at radius 1 is 1.08 bits per heavy atom. The normalized spacial score (nSPS) is 17.6. The molecule has 4 rings (SSSR count). The number of carbonyl (C=O) groups is 2. The van der Waals surface area contributed by atoms with Gasteiger partial charge in [0.1, 0.15) is 9.96 Å². The Balaban J connectivity index is 1.55. The summed E-state index contributed by atoms with van der Waals surface area (Å²) in [5.41, 5.74) is 0.365. The van der Waals surface area contributed by atoms with Crippen LogP contribution in [-0.4, -0.2) is 90.2 Å². The monoisotopic (exact) mass is 731 g/mol. The maximum absolute atomic E-state index is 14.0. The van der Waals surface area contributed by atoms with Crippen LogP contribution in [0, 0.1) is 5.92 Å². The van der Waals surface area contributed by atoms with Crippen molar-refractivity contribution >= 4 is 48.7 Å². The van der Waals surface area contributed by atoms with E-state index in [0.717, 1.165) is 23.5 Å². The number of halogens is 3. The van der Waals surface area contributed by atoms with Gasteiger partial charge in [-0.25, -0.2) is 16.8 Å². The van der Waals surface area contributed by atoms with Crippen molar-refractivity contribution in [3.63, 3.8) is 0 Å². The molecule has 4 N–H and O–H groups in total. The summed E-state index contributed by atoms with van der Waals surface area (Å²) in [6, 6.07) is 11.8. The minimum atomic E-state index is -5.57. The molecule has 1 aromatic heterocycles. The molecule has 1 saturated heterocycles. The van der Waals surface area contributed by atoms with Crippen LogP contribution in [0.25, 0.3) is 0 Å². The summed E-state index contributed by atoms with van der Waals surface area (Å²) in [6.07, 6.45) is 0.722. The van der Waals surface area contributed by atoms with Gasteiger partial charge in [0, 0.05) is 35.3 Å². The number of primary amides is 1. The lowest BCUT2D eigenvalue weighted by Gasteiger charge is -2.39. The van der Waals surface area contributed by atoms with Gasteiger partial charge in [-0.3, -0.25) is 9.59 Å². The number of rotatable bonds is 13. The molecule has 12 nitrogen and oxygen atoms in total. The van der Waals surface area contributed by atoms with Crippen molar-refractivity contribution < 1.29 is 44.3 Å². The largest absolute Gasteiger partial charge is 0.501 e. The third kappa shape index (κ3) is 8.46. The van der Waals surface area contributed by atoms with Crippen LogP contribution in [0.15, 0.2) is 63.7 Å². The summed E-state index contributed by atoms with van der Waals surface area (Å²) in [6.45, 7) is 0.488. The van der Waals surface area contributed by atoms with Gasteiger partial charge in [-0.05, 0) is 81.9 Å². The Labute approximate surface area is 281 Å². The second kappa shape index (κ2) is 14.8. The number of alkyl halides is 3. The van der Waals surface area contributed by atoms with Gasteiger partial charge in [0.2, 0.25) is 0 Å². The molecule has 1 fully saturated rings. The molecular weight excluding hydrogens is 696 g/mol. The van der Waals surface area contributed by atoms with E-state index in [1.807, 2.05) is 19.0 Å². The number of thiophene rings is 1. The minimum absolute atomic E-state index is 0.00296. The molecule has 1 aliphatic rings. The second-order valence-electron chi connectivity index (χ2n) is 11.4. The zero-order chi connectivity index (χ0) is 35.4. The number of carbonyl (C=O) groups excluding carboxylic acids is 2. The number of nitrogens with two attached hydrogens (primary N) is 1. The smallest absolute Gasteiger partial charge is 0.497 e. The Hall–Kier alpha value is -3.71. The number of nitrogens with zero attached hydrogens (tertiary/aromatic N) is 2. The van der Waals surface area contributed by atoms with Crippen molar-refractivity contribution in [2.75, 3.05) is 46.2 Å². The summed E-state index contributed by atoms with van der Waals surface area (Å²) in [5.74, 6) is -1.26. The van der Waals surface area contributed by atoms with Gasteiger partial charge in [0.15, 0.2) is 0 Å². The quantitative estimate of drug-likeness (QED) is 0.238. The molecule has 0 aliphatic carbocycles. The number of hydrogen-bond acceptors (Lipinski definition) is 10. The molecule has 0 saturated carbocycles. The highest BCUT2D eigenvalue weighted by atomic mass is 32.2. The van der Waals surface area contributed by atoms with E-state index < -0.39 is 48.1 Å². The van der Waals surface area contributed by atoms with E-state index in [9.17, 15) is 39.6 Å². The number of anilines is 1. The number of methoxy groups -OCH3 is 1. The van der Waals surface area contributed by atoms with E-state index in [1.165, 1.54) is 29.6 Å². The predicted octanol–water partition coefficient (Wildman–Crippen LogP) is 3.52. The Bertz CT molecular complexity index is 1860. The van der Waals surface area contributed by atoms with Crippen LogP contribution in [0.3, 0.4) is 0 Å². The topological polar surface area (TPSA) is 168 Å². The van der Waals surface area contributed by atoms with Crippen LogP contribution in [0.5, 0.6) is 5.75 Å². The van der Waals surface area contributed by atoms with E-state index in [0.29, 0.717) is 29.2 Å². The average molecular weight is 732 g/mol. The minimum Gasteiger partial charge on any atom is -0.497 e. The summed E-state index contributed by atoms with van der Waals surface area (Å²) >= 11 is 0.819. The lowest BCUT2D eigenvalue weighted by Crippen LogP contribution is -2.49. The van der Waals surface area contributed by atoms with Crippen LogP contribution in [-0.2, 0) is 26.4 Å². The zero-order valence-corrected chi connectivity index (χ0v) is 28.7. The molecule has 2 heterocycles. The lowest BCUT2D eigenvalue weighted by atomic mass is 9.90. The SMILES string of the molecule is COc1cccc(C(=O)NCc2cc(C(N)=O)c(S(=O)(=O)N3CCC(Nc4cccc(S(=O)(=O)C(F)(F)F)c4)C(CCN(C)C)C3)s2)c1. The van der Waals surface area contributed by atoms with E-state index in [2.05, 4.69) is 10.6 Å². The highest BCUT2D eigenvalue weighted by Gasteiger charge is 2.47. The van der Waals surface area contributed by atoms with Crippen LogP contribution in [0.1, 0.15) is 38.4 Å². The highest BCUT2D eigenvalue weighted by Crippen LogP contribution is 2.35. The van der Waals surface area contributed by atoms with E-state index in [4.69, 9.17) is 10.5 Å². The van der Waals surface area contributed by atoms with Gasteiger partial charge in [0.05, 0.1) is 24.1 Å². The maximum Gasteiger partial charge on any atom is 0.501 e. The number of nitrogens with one attached hydrogen (secondary N) is 2. The van der Waals surface area contributed by atoms with Crippen molar-refractivity contribution in [1.82, 2.24) is 14.5 Å². The standard InChI is InChI=1S/C30H36F3N5O7S3/c1-37(2)12-10-20-18-38(13-11-26(20)36-21-7-5-9-24(15-21)47(41,42)30(31,32)33)48(43,44)29-25(27(34)39)16-23(46-29)17-35-28(40)19-6-4-8-22(14-19)45-3/h4-9,14-16,20,26,36H,10-13,17-18H2,1-3H3,(H2,34,39)(H,35,40). The van der Waals surface area contributed by atoms with Crippen molar-refractivity contribution in [3.05, 3.63) is 70.6 Å². The lowest BCUT2D eigenvalue weighted by molar-refractivity contribution is -0.0436. The third-order valence-corrected chi connectivity index (χ3v) is 12.8. The fourth-order valence-corrected chi connectivity index (χ4v) is 9.35. The van der Waals surface area contributed by atoms with Gasteiger partial charge < -0.3 is 26.0 Å². The van der Waals surface area contributed by atoms with E-state index >= 15 is 0 Å². The first kappa shape index (κ1) is 37.1. The highest BCUT2D eigenvalue weighted by molar-refractivity contribution is 7.92. The molecule has 3 aromatic rings. The second-order valence-corrected chi connectivity index (χ2v) is 16.6. The van der Waals surface area contributed by atoms with Gasteiger partial charge in [0.25, 0.3) is 31.7 Å². The Morgan fingerprint density at radius 3 is 2.44 bits per heavy atom. The average Bonchev–Trinajstić information content (AvgIpc) is 3.48. The Kier molecular flexibility index (Phi) is 11.5. The zero-order valence-electron chi connectivity index (χ0n) is 26.3. The molecule has 2 aromatic carbocycles. The number of sulfonamides is 1. The van der Waals surface area contributed by atoms with Gasteiger partial charge in [-0.2, -0.15) is 17.5 Å². The first-order valence-corrected chi connectivity index (χ1v) is 18.4. The molecule has 1 aliphatic heterocycles. The van der Waals surface area contributed by atoms with Crippen molar-refractivity contribution in [3.8, 4) is 5.75 Å². The first-order valence-electron chi connectivity index (χ1n) is 14.6. The number of amides is 2. The summed E-state index contributed by atoms with van der Waals surface area (Å²) in [5, 5.41) is 5.82. The maximum atomic E-state index is 14.0. The van der Waals surface area contributed by atoms with Crippen molar-refractivity contribution in [2.24, 2.45) is 11.7 Å². The molecular formula is C30H36F3N5O7S3. The number of hydrogen-bond donors (Lipinski definition) is 3. The number of ether oxygens (including phenoxy) is 1. The molecule has 48 heavy (non-hydrogen) atoms. The molecule has 18 heteroatoms. The summed E-state index contributed by atoms with van der Waals surface area (Å²) in [4.78, 5) is 26.5. The number of sulfone groups is 1. The van der Waals surface area contributed by atoms with Crippen LogP contribution < -0.4 is 21.1 Å². The summed E-state index contributed by atoms with van der Waals surface area (Å²) in [7, 11) is -4.68. The van der Waals surface area contributed by atoms with Gasteiger partial charge >= 0.3 is 5.51 Å². The van der Waals surface area contributed by atoms with Gasteiger partial charge in [-0.15, -0.1) is 11.3 Å². The summed E-state index contributed by atoms with van der Waals surface area (Å²) < 4.78 is 97.5. The number of benzene rings is 2. The molecule has 2 unspecified atom stereocenters. The Morgan fingerprint density at radius 2 is 1.79 bits per heavy atom. The third-order valence-electron chi connectivity index (χ3n) is 7.79. The van der Waals surface area contributed by atoms with Crippen molar-refractivity contribution in [2.45, 2.75) is 40.0 Å². The molecule has 0 radical (unpaired) electrons. The van der Waals surface area contributed by atoms with Gasteiger partial charge in [-0.1, -0.05) is 12.1 Å². The molecule has 0 bridgehead atoms. The van der Waals surface area contributed by atoms with E-state index in [-0.39, 0.29) is 47.4 Å². The molecule has 0 spiro atoms.